The largest absolute Gasteiger partial charge is 0.463 e. The topological polar surface area (TPSA) is 38.4 Å². The van der Waals surface area contributed by atoms with Gasteiger partial charge in [0, 0.05) is 16.0 Å². The Labute approximate surface area is 129 Å². The van der Waals surface area contributed by atoms with Crippen molar-refractivity contribution in [2.24, 2.45) is 4.99 Å². The van der Waals surface area contributed by atoms with Gasteiger partial charge >= 0.3 is 0 Å². The molecule has 0 bridgehead atoms. The second-order valence-corrected chi connectivity index (χ2v) is 5.59. The minimum atomic E-state index is 0.573. The van der Waals surface area contributed by atoms with Crippen molar-refractivity contribution in [3.63, 3.8) is 0 Å². The molecule has 3 rings (SSSR count). The van der Waals surface area contributed by atoms with Gasteiger partial charge in [0.15, 0.2) is 0 Å². The Morgan fingerprint density at radius 3 is 2.90 bits per heavy atom. The Hall–Kier alpha value is -1.62. The Morgan fingerprint density at radius 1 is 1.25 bits per heavy atom. The molecule has 0 unspecified atom stereocenters. The molecule has 2 aromatic heterocycles. The third-order valence-electron chi connectivity index (χ3n) is 2.54. The van der Waals surface area contributed by atoms with Crippen molar-refractivity contribution in [1.29, 1.82) is 0 Å². The molecule has 20 heavy (non-hydrogen) atoms. The van der Waals surface area contributed by atoms with Crippen molar-refractivity contribution >= 4 is 45.9 Å². The predicted molar refractivity (Wildman–Crippen MR) is 83.5 cm³/mol. The first kappa shape index (κ1) is 13.4. The molecule has 3 nitrogen and oxygen atoms in total. The van der Waals surface area contributed by atoms with Gasteiger partial charge in [0.05, 0.1) is 23.2 Å². The van der Waals surface area contributed by atoms with Gasteiger partial charge in [0.2, 0.25) is 5.13 Å². The zero-order valence-electron chi connectivity index (χ0n) is 10.1. The minimum Gasteiger partial charge on any atom is -0.463 e. The third-order valence-corrected chi connectivity index (χ3v) is 3.84. The number of thiazole rings is 1. The summed E-state index contributed by atoms with van der Waals surface area (Å²) in [6.07, 6.45) is 3.23. The highest BCUT2D eigenvalue weighted by Crippen LogP contribution is 2.33. The lowest BCUT2D eigenvalue weighted by atomic mass is 10.2. The molecule has 0 N–H and O–H groups in total. The highest BCUT2D eigenvalue weighted by Gasteiger charge is 2.08. The number of halogens is 2. The van der Waals surface area contributed by atoms with E-state index in [9.17, 15) is 0 Å². The first-order valence-electron chi connectivity index (χ1n) is 5.71. The van der Waals surface area contributed by atoms with Gasteiger partial charge in [-0.1, -0.05) is 23.2 Å². The van der Waals surface area contributed by atoms with E-state index in [4.69, 9.17) is 27.6 Å². The molecule has 0 aliphatic heterocycles. The molecule has 6 heteroatoms. The fourth-order valence-corrected chi connectivity index (χ4v) is 2.79. The molecule has 0 amide bonds. The lowest BCUT2D eigenvalue weighted by molar-refractivity contribution is 0.560. The lowest BCUT2D eigenvalue weighted by Crippen LogP contribution is -1.79. The number of nitrogens with zero attached hydrogens (tertiary/aromatic N) is 2. The van der Waals surface area contributed by atoms with Gasteiger partial charge in [-0.25, -0.2) is 9.98 Å². The standard InChI is InChI=1S/C14H8Cl2N2OS/c15-9-3-4-11(12(16)6-9)13-8-20-14(18-13)17-7-10-2-1-5-19-10/h1-8H. The molecule has 100 valence electrons. The number of benzene rings is 1. The summed E-state index contributed by atoms with van der Waals surface area (Å²) in [5, 5.41) is 3.72. The van der Waals surface area contributed by atoms with Crippen molar-refractivity contribution in [3.8, 4) is 11.3 Å². The van der Waals surface area contributed by atoms with Crippen LogP contribution >= 0.6 is 34.5 Å². The van der Waals surface area contributed by atoms with Crippen LogP contribution in [-0.4, -0.2) is 11.2 Å². The molecule has 0 saturated carbocycles. The number of hydrogen-bond donors (Lipinski definition) is 0. The summed E-state index contributed by atoms with van der Waals surface area (Å²) in [5.74, 6) is 0.686. The molecular formula is C14H8Cl2N2OS. The molecule has 0 radical (unpaired) electrons. The molecular weight excluding hydrogens is 315 g/mol. The summed E-state index contributed by atoms with van der Waals surface area (Å²) in [7, 11) is 0. The summed E-state index contributed by atoms with van der Waals surface area (Å²) >= 11 is 13.5. The van der Waals surface area contributed by atoms with Crippen LogP contribution in [0.15, 0.2) is 51.4 Å². The van der Waals surface area contributed by atoms with Crippen LogP contribution in [-0.2, 0) is 0 Å². The van der Waals surface area contributed by atoms with E-state index < -0.39 is 0 Å². The summed E-state index contributed by atoms with van der Waals surface area (Å²) < 4.78 is 5.17. The number of furan rings is 1. The number of aliphatic imine (C=N–C) groups is 1. The maximum absolute atomic E-state index is 6.16. The summed E-state index contributed by atoms with van der Waals surface area (Å²) in [4.78, 5) is 8.68. The molecule has 1 aromatic carbocycles. The number of rotatable bonds is 3. The van der Waals surface area contributed by atoms with Crippen molar-refractivity contribution in [2.45, 2.75) is 0 Å². The zero-order valence-corrected chi connectivity index (χ0v) is 12.4. The molecule has 2 heterocycles. The van der Waals surface area contributed by atoms with Crippen molar-refractivity contribution in [3.05, 3.63) is 57.8 Å². The van der Waals surface area contributed by atoms with Gasteiger partial charge < -0.3 is 4.42 Å². The second-order valence-electron chi connectivity index (χ2n) is 3.91. The number of aromatic nitrogens is 1. The zero-order chi connectivity index (χ0) is 13.9. The smallest absolute Gasteiger partial charge is 0.209 e. The molecule has 0 atom stereocenters. The van der Waals surface area contributed by atoms with E-state index in [2.05, 4.69) is 9.98 Å². The van der Waals surface area contributed by atoms with E-state index in [0.29, 0.717) is 20.9 Å². The molecule has 0 fully saturated rings. The van der Waals surface area contributed by atoms with Crippen molar-refractivity contribution in [2.75, 3.05) is 0 Å². The van der Waals surface area contributed by atoms with Gasteiger partial charge in [-0.05, 0) is 30.3 Å². The van der Waals surface area contributed by atoms with Crippen LogP contribution < -0.4 is 0 Å². The van der Waals surface area contributed by atoms with Crippen molar-refractivity contribution in [1.82, 2.24) is 4.98 Å². The van der Waals surface area contributed by atoms with Crippen molar-refractivity contribution < 1.29 is 4.42 Å². The molecule has 0 spiro atoms. The van der Waals surface area contributed by atoms with Crippen LogP contribution in [0, 0.1) is 0 Å². The fourth-order valence-electron chi connectivity index (χ4n) is 1.63. The Morgan fingerprint density at radius 2 is 2.15 bits per heavy atom. The van der Waals surface area contributed by atoms with Gasteiger partial charge in [-0.15, -0.1) is 11.3 Å². The van der Waals surface area contributed by atoms with Crippen LogP contribution in [0.25, 0.3) is 11.3 Å². The predicted octanol–water partition coefficient (Wildman–Crippen LogP) is 5.46. The van der Waals surface area contributed by atoms with E-state index in [0.717, 1.165) is 11.3 Å². The Kier molecular flexibility index (Phi) is 3.87. The monoisotopic (exact) mass is 322 g/mol. The highest BCUT2D eigenvalue weighted by atomic mass is 35.5. The second kappa shape index (κ2) is 5.79. The average Bonchev–Trinajstić information content (AvgIpc) is 3.07. The van der Waals surface area contributed by atoms with Crippen LogP contribution in [0.5, 0.6) is 0 Å². The van der Waals surface area contributed by atoms with E-state index >= 15 is 0 Å². The first-order valence-corrected chi connectivity index (χ1v) is 7.34. The van der Waals surface area contributed by atoms with Gasteiger partial charge in [0.1, 0.15) is 5.76 Å². The Balaban J connectivity index is 1.86. The SMILES string of the molecule is Clc1ccc(-c2csc(N=Cc3ccco3)n2)c(Cl)c1. The van der Waals surface area contributed by atoms with E-state index in [1.54, 1.807) is 24.6 Å². The van der Waals surface area contributed by atoms with Gasteiger partial charge in [-0.3, -0.25) is 0 Å². The van der Waals surface area contributed by atoms with Crippen LogP contribution in [0.1, 0.15) is 5.76 Å². The molecule has 3 aromatic rings. The molecule has 0 aliphatic carbocycles. The highest BCUT2D eigenvalue weighted by molar-refractivity contribution is 7.13. The number of hydrogen-bond acceptors (Lipinski definition) is 4. The maximum atomic E-state index is 6.16. The molecule has 0 saturated heterocycles. The fraction of sp³-hybridized carbons (Fsp3) is 0. The summed E-state index contributed by atoms with van der Waals surface area (Å²) in [6.45, 7) is 0. The summed E-state index contributed by atoms with van der Waals surface area (Å²) in [6, 6.07) is 8.97. The van der Waals surface area contributed by atoms with Crippen LogP contribution in [0.4, 0.5) is 5.13 Å². The van der Waals surface area contributed by atoms with Crippen LogP contribution in [0.3, 0.4) is 0 Å². The van der Waals surface area contributed by atoms with E-state index in [-0.39, 0.29) is 0 Å². The maximum Gasteiger partial charge on any atom is 0.209 e. The van der Waals surface area contributed by atoms with Gasteiger partial charge in [-0.2, -0.15) is 0 Å². The first-order chi connectivity index (χ1) is 9.72. The third kappa shape index (κ3) is 2.93. The van der Waals surface area contributed by atoms with Crippen LogP contribution in [0.2, 0.25) is 10.0 Å². The average molecular weight is 323 g/mol. The Bertz CT molecular complexity index is 750. The minimum absolute atomic E-state index is 0.573. The van der Waals surface area contributed by atoms with E-state index in [1.165, 1.54) is 11.3 Å². The van der Waals surface area contributed by atoms with Gasteiger partial charge in [0.25, 0.3) is 0 Å². The normalized spacial score (nSPS) is 11.3. The van der Waals surface area contributed by atoms with E-state index in [1.807, 2.05) is 23.6 Å². The summed E-state index contributed by atoms with van der Waals surface area (Å²) in [5.41, 5.74) is 1.62. The lowest BCUT2D eigenvalue weighted by Gasteiger charge is -2.00. The molecule has 0 aliphatic rings. The quantitative estimate of drug-likeness (QED) is 0.600.